The molecule has 1 fully saturated rings. The van der Waals surface area contributed by atoms with Gasteiger partial charge in [0.1, 0.15) is 5.82 Å². The summed E-state index contributed by atoms with van der Waals surface area (Å²) in [7, 11) is 0. The smallest absolute Gasteiger partial charge is 0.255 e. The molecule has 1 aromatic carbocycles. The van der Waals surface area contributed by atoms with Gasteiger partial charge in [0.25, 0.3) is 5.91 Å². The summed E-state index contributed by atoms with van der Waals surface area (Å²) in [6.45, 7) is 0.173. The average molecular weight is 330 g/mol. The zero-order valence-corrected chi connectivity index (χ0v) is 12.2. The fourth-order valence-electron chi connectivity index (χ4n) is 2.43. The molecule has 1 amide bonds. The minimum absolute atomic E-state index is 0.0121. The van der Waals surface area contributed by atoms with Crippen LogP contribution in [-0.4, -0.2) is 23.2 Å². The van der Waals surface area contributed by atoms with E-state index in [0.717, 1.165) is 19.3 Å². The highest BCUT2D eigenvalue weighted by atomic mass is 79.9. The summed E-state index contributed by atoms with van der Waals surface area (Å²) >= 11 is 3.16. The number of halogens is 2. The SMILES string of the molecule is O=C(NCC1(O)CCCCC1)c1c(F)cccc1Br. The molecular formula is C14H17BrFNO2. The first-order valence-electron chi connectivity index (χ1n) is 6.46. The van der Waals surface area contributed by atoms with Gasteiger partial charge in [0.05, 0.1) is 11.2 Å². The van der Waals surface area contributed by atoms with Gasteiger partial charge >= 0.3 is 0 Å². The fraction of sp³-hybridized carbons (Fsp3) is 0.500. The largest absolute Gasteiger partial charge is 0.388 e. The van der Waals surface area contributed by atoms with Crippen LogP contribution in [0.4, 0.5) is 4.39 Å². The molecule has 19 heavy (non-hydrogen) atoms. The molecule has 5 heteroatoms. The molecule has 104 valence electrons. The number of nitrogens with one attached hydrogen (secondary N) is 1. The van der Waals surface area contributed by atoms with Gasteiger partial charge in [-0.15, -0.1) is 0 Å². The van der Waals surface area contributed by atoms with Crippen molar-refractivity contribution in [1.29, 1.82) is 0 Å². The number of aliphatic hydroxyl groups is 1. The van der Waals surface area contributed by atoms with E-state index in [1.165, 1.54) is 12.1 Å². The summed E-state index contributed by atoms with van der Waals surface area (Å²) in [6.07, 6.45) is 4.43. The van der Waals surface area contributed by atoms with Crippen LogP contribution in [0.3, 0.4) is 0 Å². The third-order valence-corrected chi connectivity index (χ3v) is 4.21. The first-order chi connectivity index (χ1) is 9.02. The predicted octanol–water partition coefficient (Wildman–Crippen LogP) is 3.01. The standard InChI is InChI=1S/C14H17BrFNO2/c15-10-5-4-6-11(16)12(10)13(18)17-9-14(19)7-2-1-3-8-14/h4-6,19H,1-3,7-9H2,(H,17,18). The number of hydrogen-bond donors (Lipinski definition) is 2. The van der Waals surface area contributed by atoms with Gasteiger partial charge in [0, 0.05) is 11.0 Å². The van der Waals surface area contributed by atoms with E-state index in [-0.39, 0.29) is 12.1 Å². The topological polar surface area (TPSA) is 49.3 Å². The number of amides is 1. The number of hydrogen-bond acceptors (Lipinski definition) is 2. The van der Waals surface area contributed by atoms with Crippen molar-refractivity contribution in [1.82, 2.24) is 5.32 Å². The van der Waals surface area contributed by atoms with Crippen LogP contribution in [0.15, 0.2) is 22.7 Å². The molecule has 2 rings (SSSR count). The summed E-state index contributed by atoms with van der Waals surface area (Å²) in [5.41, 5.74) is -0.854. The van der Waals surface area contributed by atoms with Crippen molar-refractivity contribution in [2.24, 2.45) is 0 Å². The van der Waals surface area contributed by atoms with E-state index in [9.17, 15) is 14.3 Å². The summed E-state index contributed by atoms with van der Waals surface area (Å²) in [6, 6.07) is 4.40. The zero-order valence-electron chi connectivity index (χ0n) is 10.6. The quantitative estimate of drug-likeness (QED) is 0.895. The van der Waals surface area contributed by atoms with Crippen molar-refractivity contribution in [3.63, 3.8) is 0 Å². The number of benzene rings is 1. The molecule has 0 bridgehead atoms. The maximum Gasteiger partial charge on any atom is 0.255 e. The van der Waals surface area contributed by atoms with Crippen LogP contribution in [-0.2, 0) is 0 Å². The number of rotatable bonds is 3. The Bertz CT molecular complexity index is 452. The maximum atomic E-state index is 13.6. The zero-order chi connectivity index (χ0) is 13.9. The molecule has 0 radical (unpaired) electrons. The fourth-order valence-corrected chi connectivity index (χ4v) is 2.96. The second kappa shape index (κ2) is 6.01. The third-order valence-electron chi connectivity index (χ3n) is 3.55. The molecule has 0 unspecified atom stereocenters. The van der Waals surface area contributed by atoms with Gasteiger partial charge < -0.3 is 10.4 Å². The molecule has 1 aromatic rings. The van der Waals surface area contributed by atoms with Crippen LogP contribution >= 0.6 is 15.9 Å². The molecule has 1 aliphatic rings. The lowest BCUT2D eigenvalue weighted by atomic mass is 9.85. The minimum atomic E-state index is -0.842. The van der Waals surface area contributed by atoms with Gasteiger partial charge in [-0.1, -0.05) is 25.3 Å². The Morgan fingerprint density at radius 3 is 2.68 bits per heavy atom. The van der Waals surface area contributed by atoms with Crippen molar-refractivity contribution in [2.45, 2.75) is 37.7 Å². The van der Waals surface area contributed by atoms with Crippen LogP contribution in [0, 0.1) is 5.82 Å². The molecule has 0 spiro atoms. The molecule has 0 aromatic heterocycles. The number of carbonyl (C=O) groups excluding carboxylic acids is 1. The summed E-state index contributed by atoms with van der Waals surface area (Å²) in [5.74, 6) is -1.06. The Balaban J connectivity index is 2.01. The molecule has 0 heterocycles. The summed E-state index contributed by atoms with van der Waals surface area (Å²) < 4.78 is 14.0. The normalized spacial score (nSPS) is 18.1. The first-order valence-corrected chi connectivity index (χ1v) is 7.26. The monoisotopic (exact) mass is 329 g/mol. The van der Waals surface area contributed by atoms with E-state index in [0.29, 0.717) is 17.3 Å². The number of carbonyl (C=O) groups is 1. The average Bonchev–Trinajstić information content (AvgIpc) is 2.37. The Morgan fingerprint density at radius 2 is 2.05 bits per heavy atom. The van der Waals surface area contributed by atoms with Crippen LogP contribution < -0.4 is 5.32 Å². The molecule has 1 aliphatic carbocycles. The van der Waals surface area contributed by atoms with Crippen LogP contribution in [0.25, 0.3) is 0 Å². The van der Waals surface area contributed by atoms with E-state index >= 15 is 0 Å². The highest BCUT2D eigenvalue weighted by Crippen LogP contribution is 2.27. The Morgan fingerprint density at radius 1 is 1.37 bits per heavy atom. The van der Waals surface area contributed by atoms with Crippen LogP contribution in [0.1, 0.15) is 42.5 Å². The van der Waals surface area contributed by atoms with Gasteiger partial charge in [0.2, 0.25) is 0 Å². The van der Waals surface area contributed by atoms with Gasteiger partial charge in [0.15, 0.2) is 0 Å². The van der Waals surface area contributed by atoms with Gasteiger partial charge in [-0.2, -0.15) is 0 Å². The van der Waals surface area contributed by atoms with Gasteiger partial charge in [-0.25, -0.2) is 4.39 Å². The van der Waals surface area contributed by atoms with E-state index in [1.807, 2.05) is 0 Å². The molecule has 0 aliphatic heterocycles. The van der Waals surface area contributed by atoms with Crippen molar-refractivity contribution < 1.29 is 14.3 Å². The van der Waals surface area contributed by atoms with Crippen molar-refractivity contribution in [3.05, 3.63) is 34.1 Å². The van der Waals surface area contributed by atoms with Gasteiger partial charge in [-0.3, -0.25) is 4.79 Å². The summed E-state index contributed by atoms with van der Waals surface area (Å²) in [4.78, 5) is 12.0. The first kappa shape index (κ1) is 14.5. The predicted molar refractivity (Wildman–Crippen MR) is 74.5 cm³/mol. The highest BCUT2D eigenvalue weighted by molar-refractivity contribution is 9.10. The lowest BCUT2D eigenvalue weighted by Crippen LogP contribution is -2.44. The van der Waals surface area contributed by atoms with Gasteiger partial charge in [-0.05, 0) is 40.9 Å². The molecule has 3 nitrogen and oxygen atoms in total. The van der Waals surface area contributed by atoms with Crippen molar-refractivity contribution >= 4 is 21.8 Å². The molecule has 0 saturated heterocycles. The Labute approximate surface area is 120 Å². The Kier molecular flexibility index (Phi) is 4.58. The Hall–Kier alpha value is -0.940. The van der Waals surface area contributed by atoms with Crippen molar-refractivity contribution in [2.75, 3.05) is 6.54 Å². The van der Waals surface area contributed by atoms with E-state index < -0.39 is 17.3 Å². The lowest BCUT2D eigenvalue weighted by Gasteiger charge is -2.32. The van der Waals surface area contributed by atoms with Crippen LogP contribution in [0.2, 0.25) is 0 Å². The lowest BCUT2D eigenvalue weighted by molar-refractivity contribution is 0.00520. The molecular weight excluding hydrogens is 313 g/mol. The molecule has 1 saturated carbocycles. The molecule has 0 atom stereocenters. The summed E-state index contributed by atoms with van der Waals surface area (Å²) in [5, 5.41) is 12.9. The second-order valence-corrected chi connectivity index (χ2v) is 5.92. The van der Waals surface area contributed by atoms with Crippen LogP contribution in [0.5, 0.6) is 0 Å². The van der Waals surface area contributed by atoms with Crippen molar-refractivity contribution in [3.8, 4) is 0 Å². The van der Waals surface area contributed by atoms with E-state index in [1.54, 1.807) is 6.07 Å². The second-order valence-electron chi connectivity index (χ2n) is 5.06. The third kappa shape index (κ3) is 3.54. The maximum absolute atomic E-state index is 13.6. The van der Waals surface area contributed by atoms with E-state index in [4.69, 9.17) is 0 Å². The minimum Gasteiger partial charge on any atom is -0.388 e. The highest BCUT2D eigenvalue weighted by Gasteiger charge is 2.30. The molecule has 2 N–H and O–H groups in total. The van der Waals surface area contributed by atoms with E-state index in [2.05, 4.69) is 21.2 Å².